The zero-order valence-corrected chi connectivity index (χ0v) is 14.9. The molecule has 0 unspecified atom stereocenters. The van der Waals surface area contributed by atoms with Crippen LogP contribution in [-0.2, 0) is 23.2 Å². The Kier molecular flexibility index (Phi) is 7.03. The van der Waals surface area contributed by atoms with Crippen LogP contribution in [0.2, 0.25) is 0 Å². The van der Waals surface area contributed by atoms with E-state index in [-0.39, 0.29) is 5.75 Å². The van der Waals surface area contributed by atoms with Crippen molar-refractivity contribution in [2.24, 2.45) is 10.2 Å². The Labute approximate surface area is 147 Å². The summed E-state index contributed by atoms with van der Waals surface area (Å²) in [5.74, 6) is 0.584. The molecule has 0 amide bonds. The van der Waals surface area contributed by atoms with Crippen LogP contribution in [0.25, 0.3) is 0 Å². The minimum atomic E-state index is -3.86. The molecule has 0 bridgehead atoms. The van der Waals surface area contributed by atoms with Crippen molar-refractivity contribution in [1.29, 1.82) is 0 Å². The van der Waals surface area contributed by atoms with Crippen molar-refractivity contribution in [3.05, 3.63) is 54.4 Å². The molecule has 0 aliphatic rings. The number of unbranched alkanes of at least 4 members (excludes halogenated alkanes) is 1. The zero-order valence-electron chi connectivity index (χ0n) is 14.1. The highest BCUT2D eigenvalue weighted by Gasteiger charge is 2.06. The average Bonchev–Trinajstić information content (AvgIpc) is 2.60. The van der Waals surface area contributed by atoms with Crippen molar-refractivity contribution in [1.82, 2.24) is 0 Å². The highest BCUT2D eigenvalue weighted by atomic mass is 32.2. The lowest BCUT2D eigenvalue weighted by molar-refractivity contribution is -0.697. The Morgan fingerprint density at radius 3 is 2.36 bits per heavy atom. The molecule has 25 heavy (non-hydrogen) atoms. The summed E-state index contributed by atoms with van der Waals surface area (Å²) in [5, 5.41) is 8.35. The summed E-state index contributed by atoms with van der Waals surface area (Å²) in [6.07, 6.45) is 4.96. The van der Waals surface area contributed by atoms with Gasteiger partial charge in [0.2, 0.25) is 0 Å². The average molecular weight is 364 g/mol. The molecular formula is C17H22N3O4S+. The monoisotopic (exact) mass is 364 g/mol. The molecule has 0 aliphatic carbocycles. The van der Waals surface area contributed by atoms with Crippen LogP contribution in [0.3, 0.4) is 0 Å². The van der Waals surface area contributed by atoms with Crippen LogP contribution >= 0.6 is 0 Å². The quantitative estimate of drug-likeness (QED) is 0.320. The molecule has 134 valence electrons. The van der Waals surface area contributed by atoms with Crippen LogP contribution in [-0.4, -0.2) is 25.8 Å². The van der Waals surface area contributed by atoms with Gasteiger partial charge in [0.15, 0.2) is 12.4 Å². The summed E-state index contributed by atoms with van der Waals surface area (Å²) in [6, 6.07) is 11.3. The smallest absolute Gasteiger partial charge is 0.264 e. The van der Waals surface area contributed by atoms with Gasteiger partial charge in [-0.25, -0.2) is 4.57 Å². The summed E-state index contributed by atoms with van der Waals surface area (Å²) in [4.78, 5) is 0. The molecule has 0 fully saturated rings. The maximum Gasteiger partial charge on any atom is 0.264 e. The number of pyridine rings is 1. The molecule has 1 heterocycles. The number of aryl methyl sites for hydroxylation is 1. The molecule has 7 nitrogen and oxygen atoms in total. The first-order valence-corrected chi connectivity index (χ1v) is 9.52. The van der Waals surface area contributed by atoms with Crippen molar-refractivity contribution in [3.8, 4) is 5.75 Å². The van der Waals surface area contributed by atoms with Crippen molar-refractivity contribution in [2.75, 3.05) is 12.9 Å². The van der Waals surface area contributed by atoms with E-state index in [1.807, 2.05) is 53.4 Å². The maximum absolute atomic E-state index is 10.6. The number of nitrogens with zero attached hydrogens (tertiary/aromatic N) is 3. The van der Waals surface area contributed by atoms with Crippen LogP contribution in [0.15, 0.2) is 59.0 Å². The zero-order chi connectivity index (χ0) is 18.1. The largest absolute Gasteiger partial charge is 0.497 e. The van der Waals surface area contributed by atoms with E-state index < -0.39 is 10.1 Å². The van der Waals surface area contributed by atoms with Crippen molar-refractivity contribution >= 4 is 15.8 Å². The number of hydrogen-bond acceptors (Lipinski definition) is 5. The maximum atomic E-state index is 10.6. The van der Waals surface area contributed by atoms with Crippen molar-refractivity contribution < 1.29 is 22.3 Å². The van der Waals surface area contributed by atoms with Gasteiger partial charge in [0.1, 0.15) is 12.3 Å². The van der Waals surface area contributed by atoms with E-state index >= 15 is 0 Å². The first kappa shape index (κ1) is 19.0. The Balaban J connectivity index is 1.78. The lowest BCUT2D eigenvalue weighted by Gasteiger charge is -1.99. The van der Waals surface area contributed by atoms with Gasteiger partial charge < -0.3 is 4.74 Å². The summed E-state index contributed by atoms with van der Waals surface area (Å²) < 4.78 is 37.0. The highest BCUT2D eigenvalue weighted by Crippen LogP contribution is 2.18. The van der Waals surface area contributed by atoms with Crippen LogP contribution < -0.4 is 9.30 Å². The molecule has 0 spiro atoms. The van der Waals surface area contributed by atoms with Crippen LogP contribution in [0.4, 0.5) is 5.69 Å². The number of azo groups is 1. The van der Waals surface area contributed by atoms with Gasteiger partial charge in [0.05, 0.1) is 25.1 Å². The minimum Gasteiger partial charge on any atom is -0.497 e. The number of ether oxygens (including phenoxy) is 1. The third-order valence-corrected chi connectivity index (χ3v) is 4.35. The summed E-state index contributed by atoms with van der Waals surface area (Å²) in [5.41, 5.74) is 1.80. The van der Waals surface area contributed by atoms with Crippen molar-refractivity contribution in [2.45, 2.75) is 25.9 Å². The predicted octanol–water partition coefficient (Wildman–Crippen LogP) is 2.93. The number of methoxy groups -OCH3 is 1. The molecule has 2 aromatic rings. The first-order valence-electron chi connectivity index (χ1n) is 7.91. The Hall–Kier alpha value is -2.32. The third-order valence-electron chi connectivity index (χ3n) is 3.54. The second-order valence-corrected chi connectivity index (χ2v) is 7.11. The first-order chi connectivity index (χ1) is 12.0. The van der Waals surface area contributed by atoms with Gasteiger partial charge >= 0.3 is 0 Å². The van der Waals surface area contributed by atoms with Crippen LogP contribution in [0, 0.1) is 0 Å². The molecule has 1 aromatic carbocycles. The van der Waals surface area contributed by atoms with Gasteiger partial charge in [-0.1, -0.05) is 0 Å². The molecule has 0 radical (unpaired) electrons. The van der Waals surface area contributed by atoms with Gasteiger partial charge in [-0.15, -0.1) is 0 Å². The van der Waals surface area contributed by atoms with E-state index in [1.165, 1.54) is 0 Å². The highest BCUT2D eigenvalue weighted by molar-refractivity contribution is 7.85. The van der Waals surface area contributed by atoms with E-state index in [0.717, 1.165) is 17.0 Å². The normalized spacial score (nSPS) is 11.8. The van der Waals surface area contributed by atoms with E-state index in [9.17, 15) is 8.42 Å². The van der Waals surface area contributed by atoms with Crippen LogP contribution in [0.1, 0.15) is 18.4 Å². The number of aromatic nitrogens is 1. The molecule has 0 saturated heterocycles. The van der Waals surface area contributed by atoms with Gasteiger partial charge in [-0.3, -0.25) is 4.55 Å². The van der Waals surface area contributed by atoms with Gasteiger partial charge in [-0.05, 0) is 36.2 Å². The van der Waals surface area contributed by atoms with Gasteiger partial charge in [0.25, 0.3) is 10.1 Å². The SMILES string of the molecule is COc1ccc(N=NCc2cc[n+](CCCCS(=O)(=O)O)cc2)cc1. The fraction of sp³-hybridized carbons (Fsp3) is 0.353. The molecule has 0 aliphatic heterocycles. The summed E-state index contributed by atoms with van der Waals surface area (Å²) in [7, 11) is -2.24. The van der Waals surface area contributed by atoms with Gasteiger partial charge in [0, 0.05) is 18.6 Å². The van der Waals surface area contributed by atoms with E-state index in [2.05, 4.69) is 10.2 Å². The lowest BCUT2D eigenvalue weighted by atomic mass is 10.2. The Morgan fingerprint density at radius 2 is 1.76 bits per heavy atom. The van der Waals surface area contributed by atoms with E-state index in [4.69, 9.17) is 9.29 Å². The molecule has 0 saturated carbocycles. The number of hydrogen-bond donors (Lipinski definition) is 1. The van der Waals surface area contributed by atoms with Gasteiger partial charge in [-0.2, -0.15) is 18.6 Å². The van der Waals surface area contributed by atoms with E-state index in [0.29, 0.717) is 25.9 Å². The molecular weight excluding hydrogens is 342 g/mol. The molecule has 1 aromatic heterocycles. The Bertz CT molecular complexity index is 788. The number of benzene rings is 1. The minimum absolute atomic E-state index is 0.197. The second-order valence-electron chi connectivity index (χ2n) is 5.53. The fourth-order valence-corrected chi connectivity index (χ4v) is 2.74. The summed E-state index contributed by atoms with van der Waals surface area (Å²) in [6.45, 7) is 1.18. The fourth-order valence-electron chi connectivity index (χ4n) is 2.17. The van der Waals surface area contributed by atoms with Crippen LogP contribution in [0.5, 0.6) is 5.75 Å². The summed E-state index contributed by atoms with van der Waals surface area (Å²) >= 11 is 0. The molecule has 8 heteroatoms. The topological polar surface area (TPSA) is 92.2 Å². The predicted molar refractivity (Wildman–Crippen MR) is 93.5 cm³/mol. The molecule has 0 atom stereocenters. The standard InChI is InChI=1S/C17H21N3O4S/c1-24-17-6-4-16(5-7-17)19-18-14-15-8-11-20(12-9-15)10-2-3-13-25(21,22)23/h4-9,11-12H,2-3,10,13-14H2,1H3/p+1. The van der Waals surface area contributed by atoms with Crippen molar-refractivity contribution in [3.63, 3.8) is 0 Å². The third kappa shape index (κ3) is 7.40. The Morgan fingerprint density at radius 1 is 1.08 bits per heavy atom. The lowest BCUT2D eigenvalue weighted by Crippen LogP contribution is -2.32. The van der Waals surface area contributed by atoms with E-state index in [1.54, 1.807) is 7.11 Å². The number of rotatable bonds is 9. The molecule has 1 N–H and O–H groups in total. The molecule has 2 rings (SSSR count). The second kappa shape index (κ2) is 9.24.